The van der Waals surface area contributed by atoms with Gasteiger partial charge in [0.2, 0.25) is 21.3 Å². The third-order valence-corrected chi connectivity index (χ3v) is 8.15. The van der Waals surface area contributed by atoms with Crippen molar-refractivity contribution in [1.29, 1.82) is 0 Å². The van der Waals surface area contributed by atoms with E-state index in [1.807, 2.05) is 42.5 Å². The number of primary sulfonamides is 1. The van der Waals surface area contributed by atoms with Crippen molar-refractivity contribution in [3.63, 3.8) is 0 Å². The lowest BCUT2D eigenvalue weighted by Gasteiger charge is -2.41. The van der Waals surface area contributed by atoms with Gasteiger partial charge in [0, 0.05) is 54.4 Å². The molecule has 12 heteroatoms. The summed E-state index contributed by atoms with van der Waals surface area (Å²) in [7, 11) is -3.86. The molecule has 3 aromatic rings. The fourth-order valence-electron chi connectivity index (χ4n) is 4.48. The van der Waals surface area contributed by atoms with Crippen molar-refractivity contribution in [2.24, 2.45) is 5.14 Å². The highest BCUT2D eigenvalue weighted by Crippen LogP contribution is 2.24. The van der Waals surface area contributed by atoms with Crippen molar-refractivity contribution in [3.05, 3.63) is 71.8 Å². The van der Waals surface area contributed by atoms with Crippen LogP contribution in [0.4, 0.5) is 5.69 Å². The van der Waals surface area contributed by atoms with Gasteiger partial charge in [-0.2, -0.15) is 0 Å². The van der Waals surface area contributed by atoms with Crippen LogP contribution in [0, 0.1) is 11.8 Å². The first-order valence-corrected chi connectivity index (χ1v) is 14.4. The number of carboxylic acids is 1. The summed E-state index contributed by atoms with van der Waals surface area (Å²) < 4.78 is 46.6. The maximum Gasteiger partial charge on any atom is 0.305 e. The molecule has 2 atom stereocenters. The Morgan fingerprint density at radius 1 is 1.05 bits per heavy atom. The molecule has 1 fully saturated rings. The molecule has 2 unspecified atom stereocenters. The summed E-state index contributed by atoms with van der Waals surface area (Å²) >= 11 is -2.31. The van der Waals surface area contributed by atoms with Crippen molar-refractivity contribution in [3.8, 4) is 11.8 Å². The molecule has 38 heavy (non-hydrogen) atoms. The molecule has 1 aliphatic rings. The quantitative estimate of drug-likeness (QED) is 0.297. The van der Waals surface area contributed by atoms with E-state index in [1.54, 1.807) is 24.1 Å². The number of aliphatic carboxylic acids is 1. The fourth-order valence-corrected chi connectivity index (χ4v) is 5.98. The van der Waals surface area contributed by atoms with Gasteiger partial charge < -0.3 is 10.0 Å². The molecule has 0 bridgehead atoms. The smallest absolute Gasteiger partial charge is 0.305 e. The van der Waals surface area contributed by atoms with Gasteiger partial charge in [0.15, 0.2) is 0 Å². The summed E-state index contributed by atoms with van der Waals surface area (Å²) in [5, 5.41) is 17.4. The lowest BCUT2D eigenvalue weighted by molar-refractivity contribution is -0.139. The number of carbonyl (C=O) groups is 1. The number of anilines is 1. The minimum atomic E-state index is -3.86. The number of nitrogens with zero attached hydrogens (tertiary/aromatic N) is 3. The lowest BCUT2D eigenvalue weighted by atomic mass is 10.1. The summed E-state index contributed by atoms with van der Waals surface area (Å²) in [5.74, 6) is 5.16. The van der Waals surface area contributed by atoms with Gasteiger partial charge in [-0.05, 0) is 54.8 Å². The van der Waals surface area contributed by atoms with E-state index in [0.29, 0.717) is 37.1 Å². The highest BCUT2D eigenvalue weighted by molar-refractivity contribution is 7.89. The van der Waals surface area contributed by atoms with Crippen molar-refractivity contribution in [2.45, 2.75) is 24.3 Å². The Morgan fingerprint density at radius 3 is 2.29 bits per heavy atom. The van der Waals surface area contributed by atoms with E-state index in [-0.39, 0.29) is 11.3 Å². The molecule has 1 saturated heterocycles. The zero-order valence-corrected chi connectivity index (χ0v) is 22.3. The second kappa shape index (κ2) is 11.6. The average molecular weight is 557 g/mol. The molecular formula is C26H28N4O6S2. The van der Waals surface area contributed by atoms with E-state index in [1.165, 1.54) is 10.5 Å². The van der Waals surface area contributed by atoms with Gasteiger partial charge in [0.05, 0.1) is 11.3 Å². The largest absolute Gasteiger partial charge is 0.481 e. The number of sulfonamides is 1. The summed E-state index contributed by atoms with van der Waals surface area (Å²) in [5.41, 5.74) is 2.43. The molecule has 0 spiro atoms. The number of carboxylic acid groups (broad SMARTS) is 1. The normalized spacial score (nSPS) is 16.2. The molecule has 0 aromatic heterocycles. The summed E-state index contributed by atoms with van der Waals surface area (Å²) in [6.45, 7) is 3.76. The van der Waals surface area contributed by atoms with Crippen LogP contribution in [-0.4, -0.2) is 69.9 Å². The van der Waals surface area contributed by atoms with E-state index in [4.69, 9.17) is 10.2 Å². The predicted molar refractivity (Wildman–Crippen MR) is 146 cm³/mol. The Hall–Kier alpha value is -3.31. The Kier molecular flexibility index (Phi) is 8.47. The topological polar surface area (TPSA) is 144 Å². The molecule has 10 nitrogen and oxygen atoms in total. The third-order valence-electron chi connectivity index (χ3n) is 6.27. The number of benzene rings is 3. The van der Waals surface area contributed by atoms with Crippen LogP contribution in [0.25, 0.3) is 10.8 Å². The molecule has 1 aliphatic heterocycles. The van der Waals surface area contributed by atoms with E-state index in [2.05, 4.69) is 16.7 Å². The zero-order valence-electron chi connectivity index (χ0n) is 20.6. The molecule has 0 aliphatic carbocycles. The van der Waals surface area contributed by atoms with E-state index in [9.17, 15) is 22.0 Å². The maximum atomic E-state index is 11.9. The van der Waals surface area contributed by atoms with Gasteiger partial charge >= 0.3 is 5.97 Å². The summed E-state index contributed by atoms with van der Waals surface area (Å²) in [4.78, 5) is 13.3. The highest BCUT2D eigenvalue weighted by Gasteiger charge is 2.30. The maximum absolute atomic E-state index is 11.9. The Bertz CT molecular complexity index is 1520. The molecule has 0 radical (unpaired) electrons. The van der Waals surface area contributed by atoms with Crippen molar-refractivity contribution >= 4 is 43.7 Å². The van der Waals surface area contributed by atoms with Crippen LogP contribution >= 0.6 is 0 Å². The number of hydrogen-bond donors (Lipinski definition) is 3. The first-order valence-electron chi connectivity index (χ1n) is 11.8. The number of fused-ring (bicyclic) bond motifs is 1. The zero-order chi connectivity index (χ0) is 27.4. The molecular weight excluding hydrogens is 528 g/mol. The standard InChI is InChI=1S/C26H28N4O6S2/c1-19(17-26(31)32)30(37(33)34)29-15-13-28(14-16-29)23-11-8-20(9-12-23)5-6-21-7-10-22-3-2-4-25(24(22)18-21)38(27,35)36/h2-4,7-12,18-19H,13-17H2,1H3,(H,31,32)(H,33,34)(H2,27,35,36). The number of rotatable bonds is 7. The van der Waals surface area contributed by atoms with E-state index < -0.39 is 33.3 Å². The SMILES string of the molecule is CC(CC(=O)O)N(N1CCN(c2ccc(C#Cc3ccc4cccc(S(N)(=O)=O)c4c3)cc2)CC1)S(=O)O. The Labute approximate surface area is 224 Å². The van der Waals surface area contributed by atoms with Crippen LogP contribution in [-0.2, 0) is 26.1 Å². The second-order valence-electron chi connectivity index (χ2n) is 8.95. The molecule has 4 N–H and O–H groups in total. The van der Waals surface area contributed by atoms with Crippen LogP contribution in [0.1, 0.15) is 24.5 Å². The molecule has 4 rings (SSSR count). The molecule has 1 heterocycles. The minimum absolute atomic E-state index is 0.0628. The van der Waals surface area contributed by atoms with Gasteiger partial charge in [-0.1, -0.05) is 30.0 Å². The summed E-state index contributed by atoms with van der Waals surface area (Å²) in [6.07, 6.45) is -0.235. The van der Waals surface area contributed by atoms with Gasteiger partial charge in [-0.3, -0.25) is 9.35 Å². The summed E-state index contributed by atoms with van der Waals surface area (Å²) in [6, 6.07) is 17.4. The number of piperazine rings is 1. The predicted octanol–water partition coefficient (Wildman–Crippen LogP) is 2.23. The van der Waals surface area contributed by atoms with Gasteiger partial charge in [-0.25, -0.2) is 22.8 Å². The van der Waals surface area contributed by atoms with Gasteiger partial charge in [0.25, 0.3) is 0 Å². The number of hydrazine groups is 1. The van der Waals surface area contributed by atoms with Crippen LogP contribution in [0.15, 0.2) is 65.6 Å². The van der Waals surface area contributed by atoms with Crippen molar-refractivity contribution < 1.29 is 27.1 Å². The first kappa shape index (κ1) is 27.7. The van der Waals surface area contributed by atoms with E-state index >= 15 is 0 Å². The van der Waals surface area contributed by atoms with Crippen molar-refractivity contribution in [2.75, 3.05) is 31.1 Å². The van der Waals surface area contributed by atoms with Crippen LogP contribution < -0.4 is 10.0 Å². The average Bonchev–Trinajstić information content (AvgIpc) is 2.86. The first-order chi connectivity index (χ1) is 18.0. The third kappa shape index (κ3) is 6.57. The number of hydrogen-bond acceptors (Lipinski definition) is 6. The second-order valence-corrected chi connectivity index (χ2v) is 11.3. The van der Waals surface area contributed by atoms with Gasteiger partial charge in [-0.15, -0.1) is 4.41 Å². The van der Waals surface area contributed by atoms with E-state index in [0.717, 1.165) is 16.6 Å². The highest BCUT2D eigenvalue weighted by atomic mass is 32.2. The monoisotopic (exact) mass is 556 g/mol. The lowest BCUT2D eigenvalue weighted by Crippen LogP contribution is -2.57. The number of nitrogens with two attached hydrogens (primary N) is 1. The Morgan fingerprint density at radius 2 is 1.68 bits per heavy atom. The van der Waals surface area contributed by atoms with Crippen LogP contribution in [0.3, 0.4) is 0 Å². The van der Waals surface area contributed by atoms with Gasteiger partial charge in [0.1, 0.15) is 0 Å². The minimum Gasteiger partial charge on any atom is -0.481 e. The molecule has 0 amide bonds. The molecule has 200 valence electrons. The van der Waals surface area contributed by atoms with Crippen molar-refractivity contribution in [1.82, 2.24) is 9.42 Å². The Balaban J connectivity index is 1.43. The molecule has 0 saturated carbocycles. The van der Waals surface area contributed by atoms with Crippen LogP contribution in [0.5, 0.6) is 0 Å². The fraction of sp³-hybridized carbons (Fsp3) is 0.269. The molecule has 3 aromatic carbocycles. The van der Waals surface area contributed by atoms with Crippen LogP contribution in [0.2, 0.25) is 0 Å².